The third-order valence-corrected chi connectivity index (χ3v) is 1.70. The fraction of sp³-hybridized carbons (Fsp3) is 0.222. The molecule has 0 aliphatic rings. The van der Waals surface area contributed by atoms with Gasteiger partial charge in [-0.15, -0.1) is 0 Å². The van der Waals surface area contributed by atoms with E-state index < -0.39 is 0 Å². The zero-order chi connectivity index (χ0) is 9.52. The lowest BCUT2D eigenvalue weighted by Crippen LogP contribution is -2.00. The van der Waals surface area contributed by atoms with Crippen molar-refractivity contribution in [3.8, 4) is 5.75 Å². The van der Waals surface area contributed by atoms with Crippen LogP contribution in [0, 0.1) is 0 Å². The summed E-state index contributed by atoms with van der Waals surface area (Å²) in [5, 5.41) is 2.93. The third kappa shape index (κ3) is 4.04. The molecule has 0 radical (unpaired) electrons. The van der Waals surface area contributed by atoms with E-state index in [0.717, 1.165) is 5.75 Å². The first-order valence-electron chi connectivity index (χ1n) is 3.75. The van der Waals surface area contributed by atoms with Crippen molar-refractivity contribution < 1.29 is 4.74 Å². The number of thiocarbonyl (C=S) groups is 1. The van der Waals surface area contributed by atoms with Crippen LogP contribution in [0.15, 0.2) is 29.3 Å². The first-order chi connectivity index (χ1) is 6.33. The highest BCUT2D eigenvalue weighted by Crippen LogP contribution is 2.16. The molecule has 68 valence electrons. The zero-order valence-electron chi connectivity index (χ0n) is 6.87. The average Bonchev–Trinajstić information content (AvgIpc) is 2.13. The lowest BCUT2D eigenvalue weighted by atomic mass is 10.3. The van der Waals surface area contributed by atoms with Gasteiger partial charge in [-0.05, 0) is 30.4 Å². The van der Waals surface area contributed by atoms with Crippen molar-refractivity contribution in [2.24, 2.45) is 4.99 Å². The molecule has 1 aromatic rings. The summed E-state index contributed by atoms with van der Waals surface area (Å²) in [6.07, 6.45) is 0. The second-order valence-corrected chi connectivity index (χ2v) is 2.90. The second-order valence-electron chi connectivity index (χ2n) is 2.28. The van der Waals surface area contributed by atoms with Crippen molar-refractivity contribution in [3.63, 3.8) is 0 Å². The molecule has 0 heterocycles. The molecule has 13 heavy (non-hydrogen) atoms. The Balaban J connectivity index is 2.40. The average molecular weight is 214 g/mol. The summed E-state index contributed by atoms with van der Waals surface area (Å²) in [5.74, 6) is 0.743. The Morgan fingerprint density at radius 1 is 1.54 bits per heavy atom. The molecule has 0 fully saturated rings. The maximum absolute atomic E-state index is 5.75. The molecule has 0 aliphatic carbocycles. The Morgan fingerprint density at radius 3 is 3.08 bits per heavy atom. The highest BCUT2D eigenvalue weighted by atomic mass is 35.5. The van der Waals surface area contributed by atoms with E-state index in [4.69, 9.17) is 16.3 Å². The van der Waals surface area contributed by atoms with Gasteiger partial charge in [-0.25, -0.2) is 4.99 Å². The first kappa shape index (κ1) is 10.2. The fourth-order valence-corrected chi connectivity index (χ4v) is 1.08. The van der Waals surface area contributed by atoms with Crippen LogP contribution in [0.25, 0.3) is 0 Å². The molecule has 0 saturated heterocycles. The van der Waals surface area contributed by atoms with E-state index in [1.54, 1.807) is 12.1 Å². The van der Waals surface area contributed by atoms with Crippen molar-refractivity contribution in [1.29, 1.82) is 0 Å². The summed E-state index contributed by atoms with van der Waals surface area (Å²) in [7, 11) is 0. The van der Waals surface area contributed by atoms with Crippen molar-refractivity contribution in [1.82, 2.24) is 0 Å². The van der Waals surface area contributed by atoms with Crippen molar-refractivity contribution in [3.05, 3.63) is 29.3 Å². The Labute approximate surface area is 87.2 Å². The topological polar surface area (TPSA) is 21.6 Å². The Bertz CT molecular complexity index is 323. The van der Waals surface area contributed by atoms with Crippen molar-refractivity contribution in [2.45, 2.75) is 0 Å². The molecule has 0 unspecified atom stereocenters. The number of benzene rings is 1. The van der Waals surface area contributed by atoms with Gasteiger partial charge >= 0.3 is 0 Å². The summed E-state index contributed by atoms with van der Waals surface area (Å²) < 4.78 is 5.32. The Morgan fingerprint density at radius 2 is 2.38 bits per heavy atom. The van der Waals surface area contributed by atoms with Crippen LogP contribution in [-0.4, -0.2) is 18.3 Å². The van der Waals surface area contributed by atoms with E-state index >= 15 is 0 Å². The monoisotopic (exact) mass is 213 g/mol. The summed E-state index contributed by atoms with van der Waals surface area (Å²) in [6, 6.07) is 7.22. The number of aliphatic imine (C=N–C) groups is 1. The smallest absolute Gasteiger partial charge is 0.120 e. The van der Waals surface area contributed by atoms with Gasteiger partial charge < -0.3 is 4.74 Å². The number of rotatable bonds is 4. The van der Waals surface area contributed by atoms with Crippen LogP contribution in [0.1, 0.15) is 0 Å². The van der Waals surface area contributed by atoms with E-state index in [1.807, 2.05) is 12.1 Å². The van der Waals surface area contributed by atoms with Gasteiger partial charge in [0.15, 0.2) is 0 Å². The van der Waals surface area contributed by atoms with Gasteiger partial charge in [-0.3, -0.25) is 0 Å². The number of hydrogen-bond donors (Lipinski definition) is 0. The van der Waals surface area contributed by atoms with Gasteiger partial charge in [-0.1, -0.05) is 17.7 Å². The van der Waals surface area contributed by atoms with E-state index in [0.29, 0.717) is 18.2 Å². The molecule has 1 rings (SSSR count). The van der Waals surface area contributed by atoms with Gasteiger partial charge in [0, 0.05) is 5.02 Å². The van der Waals surface area contributed by atoms with Crippen molar-refractivity contribution in [2.75, 3.05) is 13.2 Å². The maximum Gasteiger partial charge on any atom is 0.120 e. The van der Waals surface area contributed by atoms with Crippen LogP contribution in [-0.2, 0) is 0 Å². The highest BCUT2D eigenvalue weighted by molar-refractivity contribution is 7.78. The number of hydrogen-bond acceptors (Lipinski definition) is 3. The molecular weight excluding hydrogens is 206 g/mol. The van der Waals surface area contributed by atoms with Crippen molar-refractivity contribution >= 4 is 29.0 Å². The molecule has 2 nitrogen and oxygen atoms in total. The number of ether oxygens (including phenoxy) is 1. The van der Waals surface area contributed by atoms with E-state index in [-0.39, 0.29) is 0 Å². The minimum Gasteiger partial charge on any atom is -0.492 e. The first-order valence-corrected chi connectivity index (χ1v) is 4.53. The van der Waals surface area contributed by atoms with Gasteiger partial charge in [0.2, 0.25) is 0 Å². The van der Waals surface area contributed by atoms with Crippen LogP contribution >= 0.6 is 23.8 Å². The molecule has 0 aliphatic heterocycles. The normalized spacial score (nSPS) is 9.00. The number of nitrogens with zero attached hydrogens (tertiary/aromatic N) is 1. The van der Waals surface area contributed by atoms with Crippen LogP contribution in [0.3, 0.4) is 0 Å². The van der Waals surface area contributed by atoms with E-state index in [2.05, 4.69) is 22.4 Å². The second kappa shape index (κ2) is 5.70. The molecule has 4 heteroatoms. The molecule has 0 atom stereocenters. The van der Waals surface area contributed by atoms with Gasteiger partial charge in [0.1, 0.15) is 12.4 Å². The lowest BCUT2D eigenvalue weighted by Gasteiger charge is -2.03. The summed E-state index contributed by atoms with van der Waals surface area (Å²) >= 11 is 10.2. The predicted octanol–water partition coefficient (Wildman–Crippen LogP) is 2.82. The zero-order valence-corrected chi connectivity index (χ0v) is 8.44. The Hall–Kier alpha value is -0.890. The molecule has 0 amide bonds. The predicted molar refractivity (Wildman–Crippen MR) is 56.8 cm³/mol. The van der Waals surface area contributed by atoms with Crippen LogP contribution in [0.4, 0.5) is 0 Å². The van der Waals surface area contributed by atoms with E-state index in [9.17, 15) is 0 Å². The van der Waals surface area contributed by atoms with E-state index in [1.165, 1.54) is 0 Å². The maximum atomic E-state index is 5.75. The minimum atomic E-state index is 0.490. The fourth-order valence-electron chi connectivity index (χ4n) is 0.812. The SMILES string of the molecule is S=C=NCCOc1cccc(Cl)c1. The molecule has 0 bridgehead atoms. The van der Waals surface area contributed by atoms with Crippen LogP contribution < -0.4 is 4.74 Å². The molecule has 0 aromatic heterocycles. The highest BCUT2D eigenvalue weighted by Gasteiger charge is 1.93. The quantitative estimate of drug-likeness (QED) is 0.436. The molecule has 1 aromatic carbocycles. The minimum absolute atomic E-state index is 0.490. The van der Waals surface area contributed by atoms with Crippen LogP contribution in [0.2, 0.25) is 5.02 Å². The standard InChI is InChI=1S/C9H8ClNOS/c10-8-2-1-3-9(6-8)12-5-4-11-7-13/h1-3,6H,4-5H2. The molecule has 0 spiro atoms. The number of isothiocyanates is 1. The summed E-state index contributed by atoms with van der Waals surface area (Å²) in [4.78, 5) is 3.72. The third-order valence-electron chi connectivity index (χ3n) is 1.33. The Kier molecular flexibility index (Phi) is 4.47. The summed E-state index contributed by atoms with van der Waals surface area (Å²) in [5.41, 5.74) is 0. The largest absolute Gasteiger partial charge is 0.492 e. The lowest BCUT2D eigenvalue weighted by molar-refractivity contribution is 0.329. The molecule has 0 N–H and O–H groups in total. The van der Waals surface area contributed by atoms with Crippen LogP contribution in [0.5, 0.6) is 5.75 Å². The van der Waals surface area contributed by atoms with Gasteiger partial charge in [0.05, 0.1) is 11.7 Å². The molecular formula is C9H8ClNOS. The van der Waals surface area contributed by atoms with Gasteiger partial charge in [0.25, 0.3) is 0 Å². The summed E-state index contributed by atoms with van der Waals surface area (Å²) in [6.45, 7) is 1.01. The van der Waals surface area contributed by atoms with Gasteiger partial charge in [-0.2, -0.15) is 0 Å². The number of halogens is 1. The molecule has 0 saturated carbocycles.